The third-order valence-corrected chi connectivity index (χ3v) is 14.4. The van der Waals surface area contributed by atoms with Crippen LogP contribution in [0.3, 0.4) is 0 Å². The van der Waals surface area contributed by atoms with Crippen LogP contribution in [0.2, 0.25) is 5.04 Å². The molecule has 0 unspecified atom stereocenters. The minimum absolute atomic E-state index is 0.105. The topological polar surface area (TPSA) is 71.1 Å². The van der Waals surface area contributed by atoms with Crippen molar-refractivity contribution in [2.75, 3.05) is 6.61 Å². The Morgan fingerprint density at radius 2 is 1.38 bits per heavy atom. The number of fused-ring (bicyclic) bond motifs is 1. The summed E-state index contributed by atoms with van der Waals surface area (Å²) in [6.45, 7) is 12.8. The molecule has 0 radical (unpaired) electrons. The molecule has 0 spiro atoms. The molecular formula is C32H40O6SSi. The third-order valence-electron chi connectivity index (χ3n) is 8.02. The second kappa shape index (κ2) is 10.8. The lowest BCUT2D eigenvalue weighted by atomic mass is 10.1. The van der Waals surface area contributed by atoms with Gasteiger partial charge in [0.2, 0.25) is 0 Å². The monoisotopic (exact) mass is 580 g/mol. The number of hydrogen-bond acceptors (Lipinski definition) is 6. The molecule has 1 saturated heterocycles. The van der Waals surface area contributed by atoms with Gasteiger partial charge in [0, 0.05) is 12.5 Å². The number of rotatable bonds is 8. The molecule has 3 aromatic rings. The number of benzene rings is 3. The largest absolute Gasteiger partial charge is 0.407 e. The smallest absolute Gasteiger partial charge is 0.297 e. The maximum atomic E-state index is 13.2. The highest BCUT2D eigenvalue weighted by Crippen LogP contribution is 2.45. The summed E-state index contributed by atoms with van der Waals surface area (Å²) in [5, 5.41) is 2.22. The summed E-state index contributed by atoms with van der Waals surface area (Å²) in [5.41, 5.74) is 0.981. The molecule has 1 saturated carbocycles. The van der Waals surface area contributed by atoms with E-state index < -0.39 is 36.4 Å². The van der Waals surface area contributed by atoms with Crippen molar-refractivity contribution >= 4 is 28.8 Å². The lowest BCUT2D eigenvalue weighted by Gasteiger charge is -2.43. The Kier molecular flexibility index (Phi) is 7.89. The second-order valence-corrected chi connectivity index (χ2v) is 18.3. The van der Waals surface area contributed by atoms with Crippen molar-refractivity contribution in [3.8, 4) is 0 Å². The minimum Gasteiger partial charge on any atom is -0.407 e. The first-order valence-electron chi connectivity index (χ1n) is 13.9. The zero-order valence-corrected chi connectivity index (χ0v) is 26.0. The second-order valence-electron chi connectivity index (χ2n) is 12.4. The van der Waals surface area contributed by atoms with Crippen LogP contribution >= 0.6 is 0 Å². The van der Waals surface area contributed by atoms with Gasteiger partial charge in [0.25, 0.3) is 18.4 Å². The summed E-state index contributed by atoms with van der Waals surface area (Å²) in [6.07, 6.45) is -1.07. The van der Waals surface area contributed by atoms with Gasteiger partial charge in [0.1, 0.15) is 12.2 Å². The van der Waals surface area contributed by atoms with Crippen LogP contribution in [0.1, 0.15) is 46.6 Å². The van der Waals surface area contributed by atoms with E-state index in [1.165, 1.54) is 10.4 Å². The predicted octanol–water partition coefficient (Wildman–Crippen LogP) is 5.19. The number of ether oxygens (including phenoxy) is 2. The van der Waals surface area contributed by atoms with Crippen molar-refractivity contribution in [3.63, 3.8) is 0 Å². The fourth-order valence-electron chi connectivity index (χ4n) is 6.21. The van der Waals surface area contributed by atoms with E-state index >= 15 is 0 Å². The molecule has 0 amide bonds. The Morgan fingerprint density at radius 3 is 1.90 bits per heavy atom. The molecule has 2 fully saturated rings. The first-order valence-corrected chi connectivity index (χ1v) is 17.2. The molecule has 1 heterocycles. The molecule has 40 heavy (non-hydrogen) atoms. The fraction of sp³-hybridized carbons (Fsp3) is 0.438. The molecule has 1 aliphatic heterocycles. The fourth-order valence-corrected chi connectivity index (χ4v) is 11.9. The lowest BCUT2D eigenvalue weighted by Crippen LogP contribution is -2.67. The van der Waals surface area contributed by atoms with Crippen molar-refractivity contribution < 1.29 is 26.5 Å². The number of hydrogen-bond donors (Lipinski definition) is 0. The van der Waals surface area contributed by atoms with Crippen LogP contribution in [-0.4, -0.2) is 47.4 Å². The van der Waals surface area contributed by atoms with Gasteiger partial charge in [0.15, 0.2) is 5.79 Å². The highest BCUT2D eigenvalue weighted by molar-refractivity contribution is 7.86. The first-order chi connectivity index (χ1) is 18.8. The molecule has 2 aliphatic rings. The molecule has 0 bridgehead atoms. The highest BCUT2D eigenvalue weighted by Gasteiger charge is 2.57. The Bertz CT molecular complexity index is 1360. The van der Waals surface area contributed by atoms with Crippen molar-refractivity contribution in [2.45, 2.75) is 82.0 Å². The van der Waals surface area contributed by atoms with Crippen LogP contribution in [0.15, 0.2) is 89.8 Å². The van der Waals surface area contributed by atoms with Crippen molar-refractivity contribution in [1.29, 1.82) is 0 Å². The average Bonchev–Trinajstić information content (AvgIpc) is 3.38. The molecule has 0 aromatic heterocycles. The average molecular weight is 581 g/mol. The number of aryl methyl sites for hydroxylation is 1. The van der Waals surface area contributed by atoms with E-state index in [0.717, 1.165) is 5.56 Å². The summed E-state index contributed by atoms with van der Waals surface area (Å²) in [6, 6.07) is 27.7. The molecule has 4 atom stereocenters. The van der Waals surface area contributed by atoms with Crippen molar-refractivity contribution in [3.05, 3.63) is 90.5 Å². The maximum absolute atomic E-state index is 13.2. The van der Waals surface area contributed by atoms with Crippen molar-refractivity contribution in [1.82, 2.24) is 0 Å². The van der Waals surface area contributed by atoms with Gasteiger partial charge in [-0.2, -0.15) is 8.42 Å². The van der Waals surface area contributed by atoms with Gasteiger partial charge >= 0.3 is 0 Å². The van der Waals surface area contributed by atoms with Gasteiger partial charge in [0.05, 0.1) is 11.0 Å². The third kappa shape index (κ3) is 5.58. The van der Waals surface area contributed by atoms with Gasteiger partial charge in [-0.25, -0.2) is 0 Å². The molecule has 214 valence electrons. The molecule has 6 nitrogen and oxygen atoms in total. The molecule has 1 aliphatic carbocycles. The Balaban J connectivity index is 1.46. The van der Waals surface area contributed by atoms with Crippen LogP contribution in [-0.2, 0) is 28.2 Å². The zero-order chi connectivity index (χ0) is 28.8. The van der Waals surface area contributed by atoms with Gasteiger partial charge in [-0.15, -0.1) is 0 Å². The van der Waals surface area contributed by atoms with E-state index in [2.05, 4.69) is 69.3 Å². The SMILES string of the molecule is Cc1ccc(S(=O)(=O)O[C@H]2C[C@H](CO[Si](c3ccccc3)(c3ccccc3)C(C)(C)C)[C@H]3OC(C)(C)O[C@H]32)cc1. The molecular weight excluding hydrogens is 540 g/mol. The molecule has 0 N–H and O–H groups in total. The van der Waals surface area contributed by atoms with E-state index in [-0.39, 0.29) is 22.0 Å². The van der Waals surface area contributed by atoms with Crippen LogP contribution in [0.5, 0.6) is 0 Å². The quantitative estimate of drug-likeness (QED) is 0.270. The van der Waals surface area contributed by atoms with E-state index in [1.54, 1.807) is 24.3 Å². The van der Waals surface area contributed by atoms with Crippen LogP contribution in [0, 0.1) is 12.8 Å². The lowest BCUT2D eigenvalue weighted by molar-refractivity contribution is -0.165. The van der Waals surface area contributed by atoms with Crippen molar-refractivity contribution in [2.24, 2.45) is 5.92 Å². The van der Waals surface area contributed by atoms with Crippen LogP contribution < -0.4 is 10.4 Å². The van der Waals surface area contributed by atoms with Gasteiger partial charge < -0.3 is 13.9 Å². The van der Waals surface area contributed by atoms with Gasteiger partial charge in [-0.05, 0) is 54.7 Å². The summed E-state index contributed by atoms with van der Waals surface area (Å²) in [4.78, 5) is 0.139. The van der Waals surface area contributed by atoms with Crippen LogP contribution in [0.25, 0.3) is 0 Å². The Morgan fingerprint density at radius 1 is 0.850 bits per heavy atom. The van der Waals surface area contributed by atoms with E-state index in [4.69, 9.17) is 18.1 Å². The zero-order valence-electron chi connectivity index (χ0n) is 24.2. The Hall–Kier alpha value is -2.33. The summed E-state index contributed by atoms with van der Waals surface area (Å²) >= 11 is 0. The molecule has 8 heteroatoms. The summed E-state index contributed by atoms with van der Waals surface area (Å²) in [5.74, 6) is -0.952. The molecule has 5 rings (SSSR count). The van der Waals surface area contributed by atoms with E-state index in [0.29, 0.717) is 13.0 Å². The Labute approximate surface area is 239 Å². The first kappa shape index (κ1) is 29.2. The minimum atomic E-state index is -3.98. The summed E-state index contributed by atoms with van der Waals surface area (Å²) < 4.78 is 52.1. The van der Waals surface area contributed by atoms with Gasteiger partial charge in [-0.3, -0.25) is 4.18 Å². The molecule has 3 aromatic carbocycles. The summed E-state index contributed by atoms with van der Waals surface area (Å²) in [7, 11) is -6.76. The predicted molar refractivity (Wildman–Crippen MR) is 159 cm³/mol. The normalized spacial score (nSPS) is 24.6. The van der Waals surface area contributed by atoms with E-state index in [1.807, 2.05) is 32.9 Å². The maximum Gasteiger partial charge on any atom is 0.297 e. The van der Waals surface area contributed by atoms with Crippen LogP contribution in [0.4, 0.5) is 0 Å². The standard InChI is InChI=1S/C32H40O6SSi/c1-23-17-19-25(20-18-23)39(33,34)38-28-21-24(29-30(28)37-32(5,6)36-29)22-35-40(31(2,3)4,26-13-9-7-10-14-26)27-15-11-8-12-16-27/h7-20,24,28-30H,21-22H2,1-6H3/t24-,28+,29-,30+/m1/s1. The highest BCUT2D eigenvalue weighted by atomic mass is 32.2. The van der Waals surface area contributed by atoms with Gasteiger partial charge in [-0.1, -0.05) is 99.1 Å². The van der Waals surface area contributed by atoms with E-state index in [9.17, 15) is 8.42 Å².